The van der Waals surface area contributed by atoms with Gasteiger partial charge in [0, 0.05) is 0 Å². The highest BCUT2D eigenvalue weighted by molar-refractivity contribution is 6.48. The van der Waals surface area contributed by atoms with Crippen molar-refractivity contribution in [3.05, 3.63) is 0 Å². The van der Waals surface area contributed by atoms with E-state index in [2.05, 4.69) is 13.8 Å². The summed E-state index contributed by atoms with van der Waals surface area (Å²) in [5.41, 5.74) is 0. The Morgan fingerprint density at radius 2 is 2.00 bits per heavy atom. The molecule has 0 aliphatic rings. The van der Waals surface area contributed by atoms with Crippen LogP contribution in [0.5, 0.6) is 0 Å². The van der Waals surface area contributed by atoms with E-state index in [1.807, 2.05) is 6.55 Å². The highest BCUT2D eigenvalue weighted by atomic mass is 28.3. The summed E-state index contributed by atoms with van der Waals surface area (Å²) in [6, 6.07) is 1.06. The molecule has 0 aromatic rings. The summed E-state index contributed by atoms with van der Waals surface area (Å²) in [5.74, 6) is 0.687. The maximum absolute atomic E-state index is 8.86. The molecular weight excluding hydrogens is 104 g/mol. The summed E-state index contributed by atoms with van der Waals surface area (Å²) in [7, 11) is -1.23. The van der Waals surface area contributed by atoms with Crippen LogP contribution in [0.3, 0.4) is 0 Å². The van der Waals surface area contributed by atoms with Gasteiger partial charge in [-0.2, -0.15) is 0 Å². The molecule has 0 aromatic heterocycles. The second kappa shape index (κ2) is 3.21. The predicted octanol–water partition coefficient (Wildman–Crippen LogP) is 0.988. The largest absolute Gasteiger partial charge is 0.435 e. The molecule has 1 atom stereocenters. The van der Waals surface area contributed by atoms with Crippen LogP contribution in [0.1, 0.15) is 13.8 Å². The lowest BCUT2D eigenvalue weighted by Crippen LogP contribution is -2.07. The third-order valence-electron chi connectivity index (χ3n) is 0.813. The van der Waals surface area contributed by atoms with Gasteiger partial charge in [-0.1, -0.05) is 13.8 Å². The molecule has 0 rings (SSSR count). The summed E-state index contributed by atoms with van der Waals surface area (Å²) in [6.07, 6.45) is 0. The average Bonchev–Trinajstić information content (AvgIpc) is 1.27. The molecular formula is C5H14OSi. The van der Waals surface area contributed by atoms with Crippen LogP contribution >= 0.6 is 0 Å². The first-order valence-electron chi connectivity index (χ1n) is 2.81. The van der Waals surface area contributed by atoms with Crippen LogP contribution in [0.15, 0.2) is 0 Å². The molecule has 0 aromatic carbocycles. The van der Waals surface area contributed by atoms with Gasteiger partial charge in [0.15, 0.2) is 9.04 Å². The fourth-order valence-electron chi connectivity index (χ4n) is 0.682. The van der Waals surface area contributed by atoms with E-state index < -0.39 is 9.04 Å². The van der Waals surface area contributed by atoms with Crippen LogP contribution in [0.2, 0.25) is 12.6 Å². The predicted molar refractivity (Wildman–Crippen MR) is 34.9 cm³/mol. The minimum Gasteiger partial charge on any atom is -0.435 e. The van der Waals surface area contributed by atoms with Crippen molar-refractivity contribution in [2.24, 2.45) is 5.92 Å². The van der Waals surface area contributed by atoms with Gasteiger partial charge >= 0.3 is 0 Å². The number of hydrogen-bond donors (Lipinski definition) is 1. The van der Waals surface area contributed by atoms with Crippen LogP contribution < -0.4 is 0 Å². The van der Waals surface area contributed by atoms with Crippen molar-refractivity contribution in [2.75, 3.05) is 0 Å². The van der Waals surface area contributed by atoms with Crippen LogP contribution in [-0.4, -0.2) is 13.8 Å². The summed E-state index contributed by atoms with van der Waals surface area (Å²) >= 11 is 0. The molecule has 44 valence electrons. The minimum absolute atomic E-state index is 0.687. The van der Waals surface area contributed by atoms with Gasteiger partial charge in [0.25, 0.3) is 0 Å². The van der Waals surface area contributed by atoms with Gasteiger partial charge in [0.2, 0.25) is 0 Å². The van der Waals surface area contributed by atoms with Crippen LogP contribution in [0.25, 0.3) is 0 Å². The van der Waals surface area contributed by atoms with Crippen molar-refractivity contribution in [2.45, 2.75) is 26.4 Å². The quantitative estimate of drug-likeness (QED) is 0.536. The Hall–Kier alpha value is 0.177. The smallest absolute Gasteiger partial charge is 0.169 e. The summed E-state index contributed by atoms with van der Waals surface area (Å²) in [5, 5.41) is 0. The Morgan fingerprint density at radius 1 is 1.57 bits per heavy atom. The second-order valence-electron chi connectivity index (χ2n) is 2.48. The molecule has 0 fully saturated rings. The topological polar surface area (TPSA) is 20.2 Å². The SMILES string of the molecule is CC(C)C[SiH](C)O. The molecule has 0 bridgehead atoms. The van der Waals surface area contributed by atoms with Crippen molar-refractivity contribution < 1.29 is 4.80 Å². The average molecular weight is 118 g/mol. The third-order valence-corrected chi connectivity index (χ3v) is 2.44. The van der Waals surface area contributed by atoms with Gasteiger partial charge in [-0.15, -0.1) is 0 Å². The molecule has 0 saturated heterocycles. The van der Waals surface area contributed by atoms with Gasteiger partial charge in [-0.25, -0.2) is 0 Å². The van der Waals surface area contributed by atoms with Crippen molar-refractivity contribution >= 4 is 9.04 Å². The lowest BCUT2D eigenvalue weighted by Gasteiger charge is -2.02. The van der Waals surface area contributed by atoms with E-state index in [-0.39, 0.29) is 0 Å². The fourth-order valence-corrected chi connectivity index (χ4v) is 2.05. The Morgan fingerprint density at radius 3 is 2.00 bits per heavy atom. The fraction of sp³-hybridized carbons (Fsp3) is 1.00. The highest BCUT2D eigenvalue weighted by Gasteiger charge is 1.99. The van der Waals surface area contributed by atoms with Crippen molar-refractivity contribution in [1.29, 1.82) is 0 Å². The second-order valence-corrected chi connectivity index (χ2v) is 4.65. The molecule has 1 unspecified atom stereocenters. The number of rotatable bonds is 2. The van der Waals surface area contributed by atoms with Crippen LogP contribution in [0, 0.1) is 5.92 Å². The number of hydrogen-bond acceptors (Lipinski definition) is 1. The third kappa shape index (κ3) is 6.18. The van der Waals surface area contributed by atoms with Gasteiger partial charge in [-0.3, -0.25) is 0 Å². The zero-order valence-corrected chi connectivity index (χ0v) is 6.46. The van der Waals surface area contributed by atoms with Crippen molar-refractivity contribution in [3.8, 4) is 0 Å². The van der Waals surface area contributed by atoms with Gasteiger partial charge in [-0.05, 0) is 18.5 Å². The Labute approximate surface area is 47.1 Å². The monoisotopic (exact) mass is 118 g/mol. The minimum atomic E-state index is -1.23. The van der Waals surface area contributed by atoms with E-state index in [9.17, 15) is 0 Å². The molecule has 0 radical (unpaired) electrons. The van der Waals surface area contributed by atoms with Crippen molar-refractivity contribution in [1.82, 2.24) is 0 Å². The van der Waals surface area contributed by atoms with E-state index in [1.54, 1.807) is 0 Å². The molecule has 1 nitrogen and oxygen atoms in total. The van der Waals surface area contributed by atoms with E-state index in [0.717, 1.165) is 6.04 Å². The van der Waals surface area contributed by atoms with Crippen molar-refractivity contribution in [3.63, 3.8) is 0 Å². The molecule has 7 heavy (non-hydrogen) atoms. The first-order valence-corrected chi connectivity index (χ1v) is 5.29. The molecule has 1 N–H and O–H groups in total. The normalized spacial score (nSPS) is 15.0. The maximum atomic E-state index is 8.86. The Bertz CT molecular complexity index is 37.3. The molecule has 0 amide bonds. The Balaban J connectivity index is 2.95. The van der Waals surface area contributed by atoms with Gasteiger partial charge in [0.1, 0.15) is 0 Å². The van der Waals surface area contributed by atoms with Gasteiger partial charge < -0.3 is 4.80 Å². The van der Waals surface area contributed by atoms with E-state index >= 15 is 0 Å². The molecule has 0 aliphatic carbocycles. The Kier molecular flexibility index (Phi) is 3.30. The van der Waals surface area contributed by atoms with Crippen LogP contribution in [-0.2, 0) is 0 Å². The molecule has 0 saturated carbocycles. The summed E-state index contributed by atoms with van der Waals surface area (Å²) in [4.78, 5) is 8.86. The first kappa shape index (κ1) is 7.18. The highest BCUT2D eigenvalue weighted by Crippen LogP contribution is 2.01. The maximum Gasteiger partial charge on any atom is 0.169 e. The standard InChI is InChI=1S/C5H14OSi/c1-5(2)4-7(3)6/h5-7H,4H2,1-3H3. The first-order chi connectivity index (χ1) is 3.13. The molecule has 0 heterocycles. The summed E-state index contributed by atoms with van der Waals surface area (Å²) in [6.45, 7) is 6.24. The molecule has 0 spiro atoms. The molecule has 2 heteroatoms. The zero-order chi connectivity index (χ0) is 5.86. The van der Waals surface area contributed by atoms with Gasteiger partial charge in [0.05, 0.1) is 0 Å². The lowest BCUT2D eigenvalue weighted by atomic mass is 10.3. The lowest BCUT2D eigenvalue weighted by molar-refractivity contribution is 0.554. The molecule has 0 aliphatic heterocycles. The van der Waals surface area contributed by atoms with Crippen LogP contribution in [0.4, 0.5) is 0 Å². The van der Waals surface area contributed by atoms with E-state index in [4.69, 9.17) is 4.80 Å². The zero-order valence-electron chi connectivity index (χ0n) is 5.31. The van der Waals surface area contributed by atoms with E-state index in [0.29, 0.717) is 5.92 Å². The summed E-state index contributed by atoms with van der Waals surface area (Å²) < 4.78 is 0. The van der Waals surface area contributed by atoms with E-state index in [1.165, 1.54) is 0 Å².